The van der Waals surface area contributed by atoms with Crippen LogP contribution in [-0.2, 0) is 26.6 Å². The Labute approximate surface area is 178 Å². The zero-order chi connectivity index (χ0) is 22.4. The molecular weight excluding hydrogens is 425 g/mol. The summed E-state index contributed by atoms with van der Waals surface area (Å²) in [6.07, 6.45) is 0.235. The zero-order valence-corrected chi connectivity index (χ0v) is 18.1. The van der Waals surface area contributed by atoms with E-state index in [1.54, 1.807) is 19.2 Å². The third kappa shape index (κ3) is 5.29. The molecule has 11 heteroatoms. The van der Waals surface area contributed by atoms with Gasteiger partial charge in [0.25, 0.3) is 5.69 Å². The maximum Gasteiger partial charge on any atom is 0.384 e. The number of anilines is 1. The molecule has 0 unspecified atom stereocenters. The van der Waals surface area contributed by atoms with Gasteiger partial charge in [-0.3, -0.25) is 14.7 Å². The maximum atomic E-state index is 13.0. The van der Waals surface area contributed by atoms with Crippen LogP contribution in [0.5, 0.6) is 5.75 Å². The Kier molecular flexibility index (Phi) is 7.06. The highest BCUT2D eigenvalue weighted by atomic mass is 31.2. The summed E-state index contributed by atoms with van der Waals surface area (Å²) in [4.78, 5) is 14.7. The summed E-state index contributed by atoms with van der Waals surface area (Å²) in [6.45, 7) is 0.351. The molecular formula is C20H22N3O7P. The Morgan fingerprint density at radius 3 is 2.42 bits per heavy atom. The van der Waals surface area contributed by atoms with E-state index in [0.29, 0.717) is 12.3 Å². The molecule has 0 radical (unpaired) electrons. The number of benzene rings is 2. The summed E-state index contributed by atoms with van der Waals surface area (Å²) < 4.78 is 34.2. The molecule has 0 atom stereocenters. The van der Waals surface area contributed by atoms with E-state index in [2.05, 4.69) is 10.3 Å². The third-order valence-corrected chi connectivity index (χ3v) is 6.27. The van der Waals surface area contributed by atoms with Crippen LogP contribution in [0.1, 0.15) is 17.0 Å². The first-order valence-corrected chi connectivity index (χ1v) is 10.7. The fourth-order valence-corrected chi connectivity index (χ4v) is 3.96. The van der Waals surface area contributed by atoms with Gasteiger partial charge in [0.05, 0.1) is 12.0 Å². The van der Waals surface area contributed by atoms with Crippen molar-refractivity contribution in [1.82, 2.24) is 4.98 Å². The number of oxazole rings is 1. The molecule has 10 nitrogen and oxygen atoms in total. The molecule has 31 heavy (non-hydrogen) atoms. The maximum absolute atomic E-state index is 13.0. The van der Waals surface area contributed by atoms with Crippen LogP contribution in [-0.4, -0.2) is 31.2 Å². The van der Waals surface area contributed by atoms with Crippen molar-refractivity contribution in [2.24, 2.45) is 0 Å². The minimum atomic E-state index is -3.69. The molecule has 2 aromatic carbocycles. The molecule has 0 saturated carbocycles. The monoisotopic (exact) mass is 447 g/mol. The van der Waals surface area contributed by atoms with Crippen LogP contribution < -0.4 is 15.5 Å². The third-order valence-electron chi connectivity index (χ3n) is 4.48. The van der Waals surface area contributed by atoms with Gasteiger partial charge in [-0.1, -0.05) is 24.3 Å². The van der Waals surface area contributed by atoms with Gasteiger partial charge in [-0.2, -0.15) is 0 Å². The lowest BCUT2D eigenvalue weighted by Gasteiger charge is -2.12. The van der Waals surface area contributed by atoms with Crippen molar-refractivity contribution in [1.29, 1.82) is 0 Å². The van der Waals surface area contributed by atoms with E-state index >= 15 is 0 Å². The first-order chi connectivity index (χ1) is 14.9. The Bertz CT molecular complexity index is 1090. The summed E-state index contributed by atoms with van der Waals surface area (Å²) in [5.74, 6) is 1.12. The second-order valence-electron chi connectivity index (χ2n) is 6.43. The molecule has 0 amide bonds. The number of ether oxygens (including phenoxy) is 1. The molecule has 164 valence electrons. The molecule has 0 fully saturated rings. The minimum Gasteiger partial charge on any atom is -0.497 e. The van der Waals surface area contributed by atoms with Crippen LogP contribution in [0, 0.1) is 10.1 Å². The summed E-state index contributed by atoms with van der Waals surface area (Å²) in [5, 5.41) is 13.9. The molecule has 0 spiro atoms. The summed E-state index contributed by atoms with van der Waals surface area (Å²) in [6, 6.07) is 13.5. The average Bonchev–Trinajstić information content (AvgIpc) is 3.20. The van der Waals surface area contributed by atoms with E-state index in [9.17, 15) is 14.7 Å². The topological polar surface area (TPSA) is 126 Å². The Balaban J connectivity index is 1.86. The Morgan fingerprint density at radius 1 is 1.10 bits per heavy atom. The summed E-state index contributed by atoms with van der Waals surface area (Å²) >= 11 is 0. The number of methoxy groups -OCH3 is 1. The van der Waals surface area contributed by atoms with Crippen molar-refractivity contribution in [2.45, 2.75) is 13.0 Å². The molecule has 0 aliphatic rings. The van der Waals surface area contributed by atoms with Gasteiger partial charge in [0.2, 0.25) is 17.2 Å². The second-order valence-corrected chi connectivity index (χ2v) is 8.58. The Morgan fingerprint density at radius 2 is 1.81 bits per heavy atom. The summed E-state index contributed by atoms with van der Waals surface area (Å²) in [5.41, 5.74) is 1.66. The van der Waals surface area contributed by atoms with Crippen molar-refractivity contribution in [3.63, 3.8) is 0 Å². The van der Waals surface area contributed by atoms with Crippen LogP contribution >= 0.6 is 7.60 Å². The van der Waals surface area contributed by atoms with E-state index in [-0.39, 0.29) is 29.3 Å². The van der Waals surface area contributed by atoms with Gasteiger partial charge in [-0.05, 0) is 23.3 Å². The molecule has 1 aromatic heterocycles. The Hall–Kier alpha value is -3.20. The molecule has 0 bridgehead atoms. The lowest BCUT2D eigenvalue weighted by molar-refractivity contribution is -0.384. The van der Waals surface area contributed by atoms with Gasteiger partial charge < -0.3 is 23.5 Å². The highest BCUT2D eigenvalue weighted by Gasteiger charge is 2.34. The lowest BCUT2D eigenvalue weighted by atomic mass is 10.1. The fraction of sp³-hybridized carbons (Fsp3) is 0.250. The molecule has 3 rings (SSSR count). The van der Waals surface area contributed by atoms with Crippen LogP contribution in [0.25, 0.3) is 0 Å². The van der Waals surface area contributed by atoms with Gasteiger partial charge in [0.1, 0.15) is 5.75 Å². The number of nitrogens with zero attached hydrogens (tertiary/aromatic N) is 2. The number of rotatable bonds is 10. The van der Waals surface area contributed by atoms with Gasteiger partial charge in [-0.25, -0.2) is 4.98 Å². The van der Waals surface area contributed by atoms with E-state index < -0.39 is 12.5 Å². The lowest BCUT2D eigenvalue weighted by Crippen LogP contribution is -2.15. The highest BCUT2D eigenvalue weighted by molar-refractivity contribution is 7.62. The van der Waals surface area contributed by atoms with E-state index in [1.165, 1.54) is 26.4 Å². The van der Waals surface area contributed by atoms with Crippen molar-refractivity contribution >= 4 is 24.6 Å². The molecule has 0 aliphatic carbocycles. The molecule has 1 N–H and O–H groups in total. The standard InChI is InChI=1S/C20H22N3O7P/c1-27-17-6-4-5-15(11-17)13-21-19-20(31(26,28-2)29-3)22-18(30-19)12-14-7-9-16(10-8-14)23(24)25/h4-11,21H,12-13H2,1-3H3. The predicted molar refractivity (Wildman–Crippen MR) is 114 cm³/mol. The quantitative estimate of drug-likeness (QED) is 0.280. The van der Waals surface area contributed by atoms with Crippen molar-refractivity contribution in [3.05, 3.63) is 75.7 Å². The van der Waals surface area contributed by atoms with Crippen LogP contribution in [0.4, 0.5) is 11.6 Å². The SMILES string of the molecule is COc1cccc(CNc2oc(Cc3ccc([N+](=O)[O-])cc3)nc2P(=O)(OC)OC)c1. The zero-order valence-electron chi connectivity index (χ0n) is 17.2. The van der Waals surface area contributed by atoms with E-state index in [0.717, 1.165) is 11.1 Å². The largest absolute Gasteiger partial charge is 0.497 e. The van der Waals surface area contributed by atoms with Crippen LogP contribution in [0.15, 0.2) is 52.9 Å². The van der Waals surface area contributed by atoms with E-state index in [1.807, 2.05) is 24.3 Å². The number of non-ortho nitro benzene ring substituents is 1. The second kappa shape index (κ2) is 9.74. The highest BCUT2D eigenvalue weighted by Crippen LogP contribution is 2.47. The molecule has 1 heterocycles. The van der Waals surface area contributed by atoms with Crippen molar-refractivity contribution in [2.75, 3.05) is 26.6 Å². The average molecular weight is 447 g/mol. The smallest absolute Gasteiger partial charge is 0.384 e. The van der Waals surface area contributed by atoms with E-state index in [4.69, 9.17) is 18.2 Å². The predicted octanol–water partition coefficient (Wildman–Crippen LogP) is 3.91. The van der Waals surface area contributed by atoms with Crippen LogP contribution in [0.2, 0.25) is 0 Å². The molecule has 3 aromatic rings. The van der Waals surface area contributed by atoms with Gasteiger partial charge in [-0.15, -0.1) is 0 Å². The number of aromatic nitrogens is 1. The van der Waals surface area contributed by atoms with Gasteiger partial charge in [0.15, 0.2) is 0 Å². The normalized spacial score (nSPS) is 11.3. The van der Waals surface area contributed by atoms with Gasteiger partial charge >= 0.3 is 7.60 Å². The number of nitro groups is 1. The van der Waals surface area contributed by atoms with Crippen molar-refractivity contribution in [3.8, 4) is 5.75 Å². The molecule has 0 aliphatic heterocycles. The van der Waals surface area contributed by atoms with Gasteiger partial charge in [0, 0.05) is 39.3 Å². The minimum absolute atomic E-state index is 0.0132. The number of nitro benzene ring substituents is 1. The van der Waals surface area contributed by atoms with Crippen LogP contribution in [0.3, 0.4) is 0 Å². The molecule has 0 saturated heterocycles. The first-order valence-electron chi connectivity index (χ1n) is 9.20. The number of hydrogen-bond acceptors (Lipinski definition) is 9. The summed E-state index contributed by atoms with van der Waals surface area (Å²) in [7, 11) is 0.418. The first kappa shape index (κ1) is 22.5. The van der Waals surface area contributed by atoms with Crippen molar-refractivity contribution < 1.29 is 27.7 Å². The fourth-order valence-electron chi connectivity index (χ4n) is 2.85. The number of hydrogen-bond donors (Lipinski definition) is 1. The number of nitrogens with one attached hydrogen (secondary N) is 1.